The van der Waals surface area contributed by atoms with E-state index in [0.717, 1.165) is 43.6 Å². The summed E-state index contributed by atoms with van der Waals surface area (Å²) in [5.41, 5.74) is 0. The monoisotopic (exact) mass is 279 g/mol. The van der Waals surface area contributed by atoms with Gasteiger partial charge in [0.1, 0.15) is 0 Å². The molecule has 1 aliphatic carbocycles. The summed E-state index contributed by atoms with van der Waals surface area (Å²) in [7, 11) is -3.10. The quantitative estimate of drug-likeness (QED) is 0.293. The highest BCUT2D eigenvalue weighted by Crippen LogP contribution is 2.30. The highest BCUT2D eigenvalue weighted by atomic mass is 31.2. The third kappa shape index (κ3) is 5.96. The summed E-state index contributed by atoms with van der Waals surface area (Å²) in [6.07, 6.45) is 6.10. The summed E-state index contributed by atoms with van der Waals surface area (Å²) in [5.74, 6) is -0.379. The minimum Gasteiger partial charge on any atom is -0.341 e. The predicted octanol–water partition coefficient (Wildman–Crippen LogP) is 0.348. The van der Waals surface area contributed by atoms with Crippen molar-refractivity contribution in [2.24, 2.45) is 0 Å². The standard InChI is InChI=1S/C11H23N2O4P/c1-18(16,17)9-12-8-11(14)13(15)10-6-4-2-3-5-7-10/h10,12,15H,2-9H2,1H3,(H,16,17)/p+1. The van der Waals surface area contributed by atoms with Gasteiger partial charge < -0.3 is 10.2 Å². The lowest BCUT2D eigenvalue weighted by Gasteiger charge is -2.24. The molecule has 0 aromatic heterocycles. The zero-order valence-electron chi connectivity index (χ0n) is 10.9. The Bertz CT molecular complexity index is 310. The van der Waals surface area contributed by atoms with Gasteiger partial charge in [-0.1, -0.05) is 25.7 Å². The van der Waals surface area contributed by atoms with Crippen LogP contribution in [0.25, 0.3) is 0 Å². The van der Waals surface area contributed by atoms with E-state index >= 15 is 0 Å². The normalized spacial score (nSPS) is 21.1. The lowest BCUT2D eigenvalue weighted by molar-refractivity contribution is -0.629. The number of carbonyl (C=O) groups is 1. The first-order chi connectivity index (χ1) is 8.40. The molecule has 0 aliphatic heterocycles. The van der Waals surface area contributed by atoms with Crippen molar-refractivity contribution in [1.82, 2.24) is 5.06 Å². The van der Waals surface area contributed by atoms with Gasteiger partial charge in [0, 0.05) is 6.66 Å². The molecule has 1 atom stereocenters. The van der Waals surface area contributed by atoms with Crippen LogP contribution in [0.15, 0.2) is 0 Å². The Labute approximate surface area is 108 Å². The molecule has 1 fully saturated rings. The van der Waals surface area contributed by atoms with Gasteiger partial charge in [0.15, 0.2) is 12.8 Å². The minimum atomic E-state index is -3.10. The molecule has 18 heavy (non-hydrogen) atoms. The van der Waals surface area contributed by atoms with Gasteiger partial charge in [-0.05, 0) is 12.8 Å². The molecule has 1 unspecified atom stereocenters. The molecule has 106 valence electrons. The summed E-state index contributed by atoms with van der Waals surface area (Å²) >= 11 is 0. The number of hydroxylamine groups is 2. The van der Waals surface area contributed by atoms with Gasteiger partial charge in [-0.15, -0.1) is 0 Å². The van der Waals surface area contributed by atoms with E-state index in [9.17, 15) is 14.6 Å². The molecule has 0 aromatic rings. The number of carbonyl (C=O) groups excluding carboxylic acids is 1. The number of nitrogens with zero attached hydrogens (tertiary/aromatic N) is 1. The van der Waals surface area contributed by atoms with Crippen molar-refractivity contribution in [3.63, 3.8) is 0 Å². The average Bonchev–Trinajstić information content (AvgIpc) is 2.54. The maximum Gasteiger partial charge on any atom is 0.301 e. The molecular formula is C11H24N2O4P+. The SMILES string of the molecule is CP(=O)(O)C[NH2+]CC(=O)N(O)C1CCCCCC1. The third-order valence-electron chi connectivity index (χ3n) is 3.21. The molecule has 1 rings (SSSR count). The van der Waals surface area contributed by atoms with Crippen molar-refractivity contribution in [2.45, 2.75) is 44.6 Å². The third-order valence-corrected chi connectivity index (χ3v) is 4.15. The number of quaternary nitrogens is 1. The Hall–Kier alpha value is -0.420. The summed E-state index contributed by atoms with van der Waals surface area (Å²) in [6.45, 7) is 1.28. The average molecular weight is 279 g/mol. The molecule has 4 N–H and O–H groups in total. The molecule has 0 bridgehead atoms. The minimum absolute atomic E-state index is 0.0112. The van der Waals surface area contributed by atoms with Crippen LogP contribution in [0.1, 0.15) is 38.5 Å². The van der Waals surface area contributed by atoms with Crippen LogP contribution in [0.4, 0.5) is 0 Å². The molecule has 0 aromatic carbocycles. The van der Waals surface area contributed by atoms with Gasteiger partial charge in [0.25, 0.3) is 0 Å². The zero-order valence-corrected chi connectivity index (χ0v) is 11.8. The highest BCUT2D eigenvalue weighted by Gasteiger charge is 2.24. The van der Waals surface area contributed by atoms with Crippen LogP contribution < -0.4 is 5.32 Å². The van der Waals surface area contributed by atoms with E-state index in [2.05, 4.69) is 0 Å². The summed E-state index contributed by atoms with van der Waals surface area (Å²) < 4.78 is 11.0. The molecular weight excluding hydrogens is 255 g/mol. The first-order valence-electron chi connectivity index (χ1n) is 6.52. The Morgan fingerprint density at radius 2 is 1.89 bits per heavy atom. The van der Waals surface area contributed by atoms with E-state index in [1.54, 1.807) is 0 Å². The van der Waals surface area contributed by atoms with E-state index in [-0.39, 0.29) is 24.8 Å². The molecule has 6 nitrogen and oxygen atoms in total. The van der Waals surface area contributed by atoms with Crippen LogP contribution >= 0.6 is 7.37 Å². The van der Waals surface area contributed by atoms with Gasteiger partial charge in [0.2, 0.25) is 7.37 Å². The Balaban J connectivity index is 2.33. The smallest absolute Gasteiger partial charge is 0.301 e. The van der Waals surface area contributed by atoms with E-state index in [1.165, 1.54) is 12.0 Å². The lowest BCUT2D eigenvalue weighted by Crippen LogP contribution is -2.86. The molecule has 0 saturated heterocycles. The Morgan fingerprint density at radius 1 is 1.33 bits per heavy atom. The van der Waals surface area contributed by atoms with Crippen LogP contribution in [0.3, 0.4) is 0 Å². The largest absolute Gasteiger partial charge is 0.341 e. The van der Waals surface area contributed by atoms with Gasteiger partial charge in [-0.25, -0.2) is 5.06 Å². The van der Waals surface area contributed by atoms with Crippen molar-refractivity contribution < 1.29 is 24.8 Å². The highest BCUT2D eigenvalue weighted by molar-refractivity contribution is 7.56. The molecule has 7 heteroatoms. The first-order valence-corrected chi connectivity index (χ1v) is 8.81. The topological polar surface area (TPSA) is 94.4 Å². The Kier molecular flexibility index (Phi) is 6.29. The van der Waals surface area contributed by atoms with Crippen LogP contribution in [0, 0.1) is 0 Å². The second-order valence-corrected chi connectivity index (χ2v) is 7.58. The first kappa shape index (κ1) is 15.6. The lowest BCUT2D eigenvalue weighted by atomic mass is 10.1. The van der Waals surface area contributed by atoms with Crippen LogP contribution in [-0.4, -0.2) is 46.6 Å². The second kappa shape index (κ2) is 7.24. The molecule has 1 amide bonds. The number of amides is 1. The van der Waals surface area contributed by atoms with Gasteiger partial charge >= 0.3 is 5.91 Å². The summed E-state index contributed by atoms with van der Waals surface area (Å²) in [6, 6.07) is -0.0871. The Morgan fingerprint density at radius 3 is 2.39 bits per heavy atom. The van der Waals surface area contributed by atoms with Crippen molar-refractivity contribution in [3.05, 3.63) is 0 Å². The number of hydrogen-bond donors (Lipinski definition) is 3. The fourth-order valence-electron chi connectivity index (χ4n) is 2.23. The molecule has 0 heterocycles. The summed E-state index contributed by atoms with van der Waals surface area (Å²) in [4.78, 5) is 20.8. The van der Waals surface area contributed by atoms with Gasteiger partial charge in [-0.3, -0.25) is 14.6 Å². The number of rotatable bonds is 5. The molecule has 0 spiro atoms. The van der Waals surface area contributed by atoms with Crippen molar-refractivity contribution in [2.75, 3.05) is 19.5 Å². The van der Waals surface area contributed by atoms with Crippen LogP contribution in [0.2, 0.25) is 0 Å². The van der Waals surface area contributed by atoms with E-state index in [4.69, 9.17) is 4.89 Å². The van der Waals surface area contributed by atoms with E-state index in [0.29, 0.717) is 0 Å². The van der Waals surface area contributed by atoms with Gasteiger partial charge in [-0.2, -0.15) is 0 Å². The zero-order chi connectivity index (χ0) is 13.6. The van der Waals surface area contributed by atoms with E-state index < -0.39 is 7.37 Å². The number of nitrogens with two attached hydrogens (primary N) is 1. The van der Waals surface area contributed by atoms with Crippen LogP contribution in [0.5, 0.6) is 0 Å². The molecule has 0 radical (unpaired) electrons. The maximum absolute atomic E-state index is 11.7. The summed E-state index contributed by atoms with van der Waals surface area (Å²) in [5, 5.41) is 12.1. The maximum atomic E-state index is 11.7. The fraction of sp³-hybridized carbons (Fsp3) is 0.909. The second-order valence-electron chi connectivity index (χ2n) is 5.11. The van der Waals surface area contributed by atoms with Crippen molar-refractivity contribution >= 4 is 13.3 Å². The predicted molar refractivity (Wildman–Crippen MR) is 67.5 cm³/mol. The molecule has 1 saturated carbocycles. The number of hydrogen-bond acceptors (Lipinski definition) is 3. The van der Waals surface area contributed by atoms with Gasteiger partial charge in [0.05, 0.1) is 6.04 Å². The molecule has 1 aliphatic rings. The van der Waals surface area contributed by atoms with E-state index in [1.807, 2.05) is 0 Å². The van der Waals surface area contributed by atoms with Crippen molar-refractivity contribution in [1.29, 1.82) is 0 Å². The van der Waals surface area contributed by atoms with Crippen LogP contribution in [-0.2, 0) is 9.36 Å². The van der Waals surface area contributed by atoms with Crippen molar-refractivity contribution in [3.8, 4) is 0 Å². The fourth-order valence-corrected chi connectivity index (χ4v) is 2.84.